The van der Waals surface area contributed by atoms with Crippen LogP contribution in [0, 0.1) is 11.8 Å². The number of benzene rings is 2. The van der Waals surface area contributed by atoms with Gasteiger partial charge in [-0.1, -0.05) is 68.4 Å². The Bertz CT molecular complexity index is 951. The van der Waals surface area contributed by atoms with Crippen LogP contribution in [0.25, 0.3) is 11.1 Å². The van der Waals surface area contributed by atoms with Crippen molar-refractivity contribution >= 4 is 15.7 Å². The second-order valence-corrected chi connectivity index (χ2v) is 9.15. The van der Waals surface area contributed by atoms with Crippen LogP contribution < -0.4 is 4.72 Å². The molecule has 1 aliphatic rings. The molecule has 144 valence electrons. The lowest BCUT2D eigenvalue weighted by molar-refractivity contribution is 0.0576. The summed E-state index contributed by atoms with van der Waals surface area (Å²) in [5.41, 5.74) is 3.54. The summed E-state index contributed by atoms with van der Waals surface area (Å²) in [4.78, 5) is 5.48. The van der Waals surface area contributed by atoms with Gasteiger partial charge < -0.3 is 4.84 Å². The zero-order chi connectivity index (χ0) is 19.6. The van der Waals surface area contributed by atoms with Crippen molar-refractivity contribution in [2.24, 2.45) is 17.0 Å². The third-order valence-corrected chi connectivity index (χ3v) is 6.23. The van der Waals surface area contributed by atoms with E-state index in [1.807, 2.05) is 38.1 Å². The van der Waals surface area contributed by atoms with E-state index in [0.29, 0.717) is 11.5 Å². The van der Waals surface area contributed by atoms with Crippen molar-refractivity contribution in [3.63, 3.8) is 0 Å². The van der Waals surface area contributed by atoms with Gasteiger partial charge in [-0.3, -0.25) is 0 Å². The van der Waals surface area contributed by atoms with Gasteiger partial charge in [-0.2, -0.15) is 4.72 Å². The Morgan fingerprint density at radius 1 is 1.15 bits per heavy atom. The van der Waals surface area contributed by atoms with Crippen LogP contribution in [0.2, 0.25) is 0 Å². The monoisotopic (exact) mass is 386 g/mol. The van der Waals surface area contributed by atoms with Crippen LogP contribution in [0.3, 0.4) is 0 Å². The first-order chi connectivity index (χ1) is 12.8. The van der Waals surface area contributed by atoms with Crippen molar-refractivity contribution in [2.75, 3.05) is 0 Å². The fraction of sp³-hybridized carbons (Fsp3) is 0.381. The van der Waals surface area contributed by atoms with E-state index in [4.69, 9.17) is 4.84 Å². The lowest BCUT2D eigenvalue weighted by Gasteiger charge is -2.18. The summed E-state index contributed by atoms with van der Waals surface area (Å²) >= 11 is 0. The molecule has 0 fully saturated rings. The molecule has 0 spiro atoms. The van der Waals surface area contributed by atoms with Crippen LogP contribution in [0.5, 0.6) is 0 Å². The van der Waals surface area contributed by atoms with Crippen molar-refractivity contribution in [3.05, 3.63) is 54.1 Å². The van der Waals surface area contributed by atoms with Gasteiger partial charge in [-0.25, -0.2) is 8.42 Å². The first-order valence-corrected chi connectivity index (χ1v) is 10.7. The van der Waals surface area contributed by atoms with Gasteiger partial charge in [0.2, 0.25) is 10.0 Å². The van der Waals surface area contributed by atoms with Gasteiger partial charge in [0.05, 0.1) is 16.5 Å². The Labute approximate surface area is 161 Å². The van der Waals surface area contributed by atoms with E-state index in [1.165, 1.54) is 5.56 Å². The molecule has 0 bridgehead atoms. The summed E-state index contributed by atoms with van der Waals surface area (Å²) < 4.78 is 28.8. The standard InChI is InChI=1S/C21H26N2O3S/c1-14(2)12-17-8-7-9-18(13-17)19-10-5-6-11-20(19)27(24,25)23-21-15(3)16(4)22-26-21/h5-11,13-15,21,23H,12H2,1-4H3. The lowest BCUT2D eigenvalue weighted by atomic mass is 9.98. The molecular formula is C21H26N2O3S. The molecular weight excluding hydrogens is 360 g/mol. The second-order valence-electron chi connectivity index (χ2n) is 7.46. The van der Waals surface area contributed by atoms with Gasteiger partial charge in [0.15, 0.2) is 6.23 Å². The summed E-state index contributed by atoms with van der Waals surface area (Å²) in [6.45, 7) is 8.05. The Kier molecular flexibility index (Phi) is 5.67. The van der Waals surface area contributed by atoms with E-state index in [1.54, 1.807) is 12.1 Å². The molecule has 2 aromatic rings. The molecule has 0 saturated carbocycles. The predicted molar refractivity (Wildman–Crippen MR) is 108 cm³/mol. The minimum Gasteiger partial charge on any atom is -0.375 e. The zero-order valence-corrected chi connectivity index (χ0v) is 17.0. The van der Waals surface area contributed by atoms with Crippen molar-refractivity contribution in [3.8, 4) is 11.1 Å². The van der Waals surface area contributed by atoms with Crippen LogP contribution >= 0.6 is 0 Å². The molecule has 1 aliphatic heterocycles. The summed E-state index contributed by atoms with van der Waals surface area (Å²) in [6, 6.07) is 15.1. The number of hydrogen-bond acceptors (Lipinski definition) is 4. The van der Waals surface area contributed by atoms with E-state index in [-0.39, 0.29) is 10.8 Å². The molecule has 2 atom stereocenters. The Hall–Kier alpha value is -2.18. The fourth-order valence-electron chi connectivity index (χ4n) is 3.15. The van der Waals surface area contributed by atoms with E-state index in [2.05, 4.69) is 35.9 Å². The van der Waals surface area contributed by atoms with Gasteiger partial charge in [0, 0.05) is 5.56 Å². The number of nitrogens with zero attached hydrogens (tertiary/aromatic N) is 1. The summed E-state index contributed by atoms with van der Waals surface area (Å²) in [7, 11) is -3.76. The average molecular weight is 387 g/mol. The molecule has 0 aromatic heterocycles. The summed E-state index contributed by atoms with van der Waals surface area (Å²) in [6.07, 6.45) is 0.265. The lowest BCUT2D eigenvalue weighted by Crippen LogP contribution is -2.39. The number of nitrogens with one attached hydrogen (secondary N) is 1. The van der Waals surface area contributed by atoms with Gasteiger partial charge in [-0.05, 0) is 36.5 Å². The Morgan fingerprint density at radius 3 is 2.56 bits per heavy atom. The van der Waals surface area contributed by atoms with E-state index in [9.17, 15) is 8.42 Å². The van der Waals surface area contributed by atoms with E-state index >= 15 is 0 Å². The predicted octanol–water partition coefficient (Wildman–Crippen LogP) is 4.20. The molecule has 2 unspecified atom stereocenters. The second kappa shape index (κ2) is 7.82. The smallest absolute Gasteiger partial charge is 0.244 e. The first-order valence-electron chi connectivity index (χ1n) is 9.19. The first kappa shape index (κ1) is 19.6. The van der Waals surface area contributed by atoms with Gasteiger partial charge in [0.25, 0.3) is 0 Å². The number of sulfonamides is 1. The number of hydrogen-bond donors (Lipinski definition) is 1. The molecule has 0 saturated heterocycles. The highest BCUT2D eigenvalue weighted by Gasteiger charge is 2.33. The summed E-state index contributed by atoms with van der Waals surface area (Å²) in [5.74, 6) is 0.423. The quantitative estimate of drug-likeness (QED) is 0.809. The van der Waals surface area contributed by atoms with Crippen molar-refractivity contribution in [1.82, 2.24) is 4.72 Å². The van der Waals surface area contributed by atoms with Gasteiger partial charge in [-0.15, -0.1) is 0 Å². The molecule has 0 aliphatic carbocycles. The van der Waals surface area contributed by atoms with Crippen molar-refractivity contribution in [2.45, 2.75) is 45.2 Å². The highest BCUT2D eigenvalue weighted by molar-refractivity contribution is 7.89. The van der Waals surface area contributed by atoms with Crippen molar-refractivity contribution in [1.29, 1.82) is 0 Å². The molecule has 5 nitrogen and oxygen atoms in total. The SMILES string of the molecule is CC1=NOC(NS(=O)(=O)c2ccccc2-c2cccc(CC(C)C)c2)C1C. The van der Waals surface area contributed by atoms with Crippen LogP contribution in [0.1, 0.15) is 33.3 Å². The zero-order valence-electron chi connectivity index (χ0n) is 16.1. The van der Waals surface area contributed by atoms with Gasteiger partial charge >= 0.3 is 0 Å². The third-order valence-electron chi connectivity index (χ3n) is 4.75. The summed E-state index contributed by atoms with van der Waals surface area (Å²) in [5, 5.41) is 3.89. The minimum atomic E-state index is -3.76. The fourth-order valence-corrected chi connectivity index (χ4v) is 4.56. The highest BCUT2D eigenvalue weighted by atomic mass is 32.2. The number of oxime groups is 1. The van der Waals surface area contributed by atoms with Crippen LogP contribution in [-0.4, -0.2) is 20.4 Å². The molecule has 3 rings (SSSR count). The van der Waals surface area contributed by atoms with Crippen LogP contribution in [0.15, 0.2) is 58.6 Å². The van der Waals surface area contributed by atoms with E-state index in [0.717, 1.165) is 17.7 Å². The van der Waals surface area contributed by atoms with Gasteiger partial charge in [0.1, 0.15) is 0 Å². The minimum absolute atomic E-state index is 0.110. The number of rotatable bonds is 6. The molecule has 1 N–H and O–H groups in total. The third kappa shape index (κ3) is 4.39. The molecule has 6 heteroatoms. The maximum absolute atomic E-state index is 13.1. The van der Waals surface area contributed by atoms with Crippen molar-refractivity contribution < 1.29 is 13.3 Å². The van der Waals surface area contributed by atoms with E-state index < -0.39 is 16.3 Å². The molecule has 0 radical (unpaired) electrons. The highest BCUT2D eigenvalue weighted by Crippen LogP contribution is 2.29. The maximum Gasteiger partial charge on any atom is 0.244 e. The maximum atomic E-state index is 13.1. The largest absolute Gasteiger partial charge is 0.375 e. The normalized spacial score (nSPS) is 19.8. The average Bonchev–Trinajstić information content (AvgIpc) is 2.93. The Balaban J connectivity index is 1.94. The molecule has 2 aromatic carbocycles. The molecule has 0 amide bonds. The topological polar surface area (TPSA) is 67.8 Å². The molecule has 27 heavy (non-hydrogen) atoms. The van der Waals surface area contributed by atoms with Crippen LogP contribution in [0.4, 0.5) is 0 Å². The van der Waals surface area contributed by atoms with Crippen LogP contribution in [-0.2, 0) is 21.3 Å². The molecule has 1 heterocycles. The Morgan fingerprint density at radius 2 is 1.89 bits per heavy atom.